The van der Waals surface area contributed by atoms with E-state index in [2.05, 4.69) is 60.7 Å². The van der Waals surface area contributed by atoms with Crippen LogP contribution in [0.5, 0.6) is 0 Å². The van der Waals surface area contributed by atoms with Crippen molar-refractivity contribution >= 4 is 16.6 Å². The van der Waals surface area contributed by atoms with Crippen molar-refractivity contribution in [2.45, 2.75) is 19.3 Å². The fourth-order valence-electron chi connectivity index (χ4n) is 3.18. The van der Waals surface area contributed by atoms with Crippen LogP contribution in [0.15, 0.2) is 60.7 Å². The van der Waals surface area contributed by atoms with Gasteiger partial charge in [-0.2, -0.15) is 0 Å². The van der Waals surface area contributed by atoms with Crippen LogP contribution >= 0.6 is 0 Å². The topological polar surface area (TPSA) is 17.1 Å². The maximum atomic E-state index is 12.1. The Morgan fingerprint density at radius 2 is 1.48 bits per heavy atom. The highest BCUT2D eigenvalue weighted by Crippen LogP contribution is 2.29. The zero-order valence-electron chi connectivity index (χ0n) is 11.8. The SMILES string of the molecule is O=C1CCCc2ccc(-c3ccc4ccccc4c3)cc21. The minimum absolute atomic E-state index is 0.291. The summed E-state index contributed by atoms with van der Waals surface area (Å²) in [5.41, 5.74) is 4.44. The number of carbonyl (C=O) groups is 1. The van der Waals surface area contributed by atoms with Gasteiger partial charge < -0.3 is 0 Å². The Labute approximate surface area is 124 Å². The fraction of sp³-hybridized carbons (Fsp3) is 0.150. The Kier molecular flexibility index (Phi) is 2.85. The lowest BCUT2D eigenvalue weighted by Gasteiger charge is -2.16. The molecule has 0 N–H and O–H groups in total. The maximum Gasteiger partial charge on any atom is 0.163 e. The van der Waals surface area contributed by atoms with E-state index in [4.69, 9.17) is 0 Å². The molecule has 0 aliphatic heterocycles. The van der Waals surface area contributed by atoms with Gasteiger partial charge in [0, 0.05) is 12.0 Å². The lowest BCUT2D eigenvalue weighted by atomic mass is 9.88. The van der Waals surface area contributed by atoms with Gasteiger partial charge in [-0.1, -0.05) is 48.5 Å². The molecule has 0 radical (unpaired) electrons. The number of ketones is 1. The lowest BCUT2D eigenvalue weighted by molar-refractivity contribution is 0.0972. The van der Waals surface area contributed by atoms with Crippen molar-refractivity contribution in [2.24, 2.45) is 0 Å². The Bertz CT molecular complexity index is 845. The molecular formula is C20H16O. The standard InChI is InChI=1S/C20H16O/c21-20-7-3-6-15-9-11-18(13-19(15)20)17-10-8-14-4-1-2-5-16(14)12-17/h1-2,4-5,8-13H,3,6-7H2. The molecule has 0 heterocycles. The molecule has 0 fully saturated rings. The van der Waals surface area contributed by atoms with Gasteiger partial charge in [0.2, 0.25) is 0 Å². The molecule has 0 spiro atoms. The second-order valence-corrected chi connectivity index (χ2v) is 5.71. The van der Waals surface area contributed by atoms with Crippen molar-refractivity contribution < 1.29 is 4.79 Å². The molecule has 1 nitrogen and oxygen atoms in total. The normalized spacial score (nSPS) is 14.2. The van der Waals surface area contributed by atoms with Gasteiger partial charge in [-0.15, -0.1) is 0 Å². The summed E-state index contributed by atoms with van der Waals surface area (Å²) in [6.45, 7) is 0. The number of carbonyl (C=O) groups excluding carboxylic acids is 1. The number of hydrogen-bond donors (Lipinski definition) is 0. The van der Waals surface area contributed by atoms with Gasteiger partial charge in [0.1, 0.15) is 0 Å². The zero-order valence-corrected chi connectivity index (χ0v) is 11.8. The minimum Gasteiger partial charge on any atom is -0.294 e. The van der Waals surface area contributed by atoms with Gasteiger partial charge in [0.05, 0.1) is 0 Å². The first-order valence-corrected chi connectivity index (χ1v) is 7.46. The average molecular weight is 272 g/mol. The third-order valence-electron chi connectivity index (χ3n) is 4.34. The largest absolute Gasteiger partial charge is 0.294 e. The molecule has 0 bridgehead atoms. The van der Waals surface area contributed by atoms with Crippen molar-refractivity contribution in [3.63, 3.8) is 0 Å². The number of fused-ring (bicyclic) bond motifs is 2. The molecule has 1 aliphatic rings. The molecule has 21 heavy (non-hydrogen) atoms. The summed E-state index contributed by atoms with van der Waals surface area (Å²) in [5, 5.41) is 2.48. The highest BCUT2D eigenvalue weighted by molar-refractivity contribution is 6.00. The predicted octanol–water partition coefficient (Wildman–Crippen LogP) is 5.03. The second kappa shape index (κ2) is 4.85. The maximum absolute atomic E-state index is 12.1. The number of benzene rings is 3. The zero-order chi connectivity index (χ0) is 14.2. The Balaban J connectivity index is 1.84. The van der Waals surface area contributed by atoms with Crippen molar-refractivity contribution in [3.05, 3.63) is 71.8 Å². The first-order chi connectivity index (χ1) is 10.3. The van der Waals surface area contributed by atoms with Gasteiger partial charge in [-0.3, -0.25) is 4.79 Å². The van der Waals surface area contributed by atoms with Gasteiger partial charge in [-0.05, 0) is 52.4 Å². The predicted molar refractivity (Wildman–Crippen MR) is 86.7 cm³/mol. The van der Waals surface area contributed by atoms with Crippen LogP contribution in [-0.4, -0.2) is 5.78 Å². The molecule has 0 aromatic heterocycles. The molecular weight excluding hydrogens is 256 g/mol. The van der Waals surface area contributed by atoms with Crippen LogP contribution in [0.4, 0.5) is 0 Å². The molecule has 1 aliphatic carbocycles. The Hall–Kier alpha value is -2.41. The van der Waals surface area contributed by atoms with Crippen molar-refractivity contribution in [1.29, 1.82) is 0 Å². The van der Waals surface area contributed by atoms with Crippen LogP contribution in [0.2, 0.25) is 0 Å². The number of hydrogen-bond acceptors (Lipinski definition) is 1. The Morgan fingerprint density at radius 1 is 0.714 bits per heavy atom. The quantitative estimate of drug-likeness (QED) is 0.607. The van der Waals surface area contributed by atoms with Gasteiger partial charge in [0.25, 0.3) is 0 Å². The molecule has 0 atom stereocenters. The third kappa shape index (κ3) is 2.15. The monoisotopic (exact) mass is 272 g/mol. The van der Waals surface area contributed by atoms with Crippen LogP contribution in [0.25, 0.3) is 21.9 Å². The van der Waals surface area contributed by atoms with E-state index in [1.165, 1.54) is 21.9 Å². The van der Waals surface area contributed by atoms with E-state index >= 15 is 0 Å². The summed E-state index contributed by atoms with van der Waals surface area (Å²) in [6, 6.07) is 21.2. The van der Waals surface area contributed by atoms with E-state index in [0.717, 1.165) is 24.0 Å². The van der Waals surface area contributed by atoms with Crippen molar-refractivity contribution in [3.8, 4) is 11.1 Å². The van der Waals surface area contributed by atoms with E-state index in [1.54, 1.807) is 0 Å². The van der Waals surface area contributed by atoms with Gasteiger partial charge in [0.15, 0.2) is 5.78 Å². The Morgan fingerprint density at radius 3 is 2.38 bits per heavy atom. The number of Topliss-reactive ketones (excluding diaryl/α,β-unsaturated/α-hetero) is 1. The van der Waals surface area contributed by atoms with E-state index in [1.807, 2.05) is 0 Å². The lowest BCUT2D eigenvalue weighted by Crippen LogP contribution is -2.10. The molecule has 0 saturated heterocycles. The molecule has 3 aromatic rings. The van der Waals surface area contributed by atoms with E-state index in [0.29, 0.717) is 12.2 Å². The highest BCUT2D eigenvalue weighted by Gasteiger charge is 2.17. The average Bonchev–Trinajstić information content (AvgIpc) is 2.54. The first-order valence-electron chi connectivity index (χ1n) is 7.46. The second-order valence-electron chi connectivity index (χ2n) is 5.71. The van der Waals surface area contributed by atoms with E-state index < -0.39 is 0 Å². The van der Waals surface area contributed by atoms with Crippen molar-refractivity contribution in [2.75, 3.05) is 0 Å². The van der Waals surface area contributed by atoms with Crippen LogP contribution in [0.3, 0.4) is 0 Å². The molecule has 0 unspecified atom stereocenters. The highest BCUT2D eigenvalue weighted by atomic mass is 16.1. The number of rotatable bonds is 1. The van der Waals surface area contributed by atoms with E-state index in [9.17, 15) is 4.79 Å². The van der Waals surface area contributed by atoms with Crippen LogP contribution < -0.4 is 0 Å². The molecule has 0 saturated carbocycles. The van der Waals surface area contributed by atoms with Crippen LogP contribution in [0.1, 0.15) is 28.8 Å². The first kappa shape index (κ1) is 12.3. The van der Waals surface area contributed by atoms with Crippen LogP contribution in [0, 0.1) is 0 Å². The molecule has 4 rings (SSSR count). The summed E-state index contributed by atoms with van der Waals surface area (Å²) in [4.78, 5) is 12.1. The number of aryl methyl sites for hydroxylation is 1. The smallest absolute Gasteiger partial charge is 0.163 e. The minimum atomic E-state index is 0.291. The molecule has 0 amide bonds. The summed E-state index contributed by atoms with van der Waals surface area (Å²) in [7, 11) is 0. The van der Waals surface area contributed by atoms with Crippen molar-refractivity contribution in [1.82, 2.24) is 0 Å². The molecule has 3 aromatic carbocycles. The fourth-order valence-corrected chi connectivity index (χ4v) is 3.18. The molecule has 1 heteroatoms. The molecule has 102 valence electrons. The summed E-state index contributed by atoms with van der Waals surface area (Å²) in [6.07, 6.45) is 2.70. The van der Waals surface area contributed by atoms with E-state index in [-0.39, 0.29) is 0 Å². The van der Waals surface area contributed by atoms with Gasteiger partial charge in [-0.25, -0.2) is 0 Å². The third-order valence-corrected chi connectivity index (χ3v) is 4.34. The summed E-state index contributed by atoms with van der Waals surface area (Å²) < 4.78 is 0. The van der Waals surface area contributed by atoms with Crippen LogP contribution in [-0.2, 0) is 6.42 Å². The summed E-state index contributed by atoms with van der Waals surface area (Å²) >= 11 is 0. The summed E-state index contributed by atoms with van der Waals surface area (Å²) in [5.74, 6) is 0.291. The van der Waals surface area contributed by atoms with Gasteiger partial charge >= 0.3 is 0 Å².